The summed E-state index contributed by atoms with van der Waals surface area (Å²) in [5, 5.41) is 2.92. The molecule has 0 radical (unpaired) electrons. The Balaban J connectivity index is 1.59. The number of thiophene rings is 1. The van der Waals surface area contributed by atoms with Gasteiger partial charge < -0.3 is 16.0 Å². The van der Waals surface area contributed by atoms with Crippen molar-refractivity contribution < 1.29 is 9.59 Å². The smallest absolute Gasteiger partial charge is 0.265 e. The molecule has 2 aromatic rings. The Morgan fingerprint density at radius 2 is 1.79 bits per heavy atom. The molecular weight excluding hydrogens is 322 g/mol. The average molecular weight is 343 g/mol. The average Bonchev–Trinajstić information content (AvgIpc) is 3.02. The molecule has 126 valence electrons. The van der Waals surface area contributed by atoms with E-state index in [1.807, 2.05) is 43.3 Å². The molecular formula is C18H21N3O2S. The van der Waals surface area contributed by atoms with Crippen LogP contribution in [0.4, 0.5) is 11.4 Å². The normalized spacial score (nSPS) is 15.3. The summed E-state index contributed by atoms with van der Waals surface area (Å²) in [6, 6.07) is 11.6. The molecule has 3 rings (SSSR count). The third-order valence-electron chi connectivity index (χ3n) is 4.35. The molecule has 6 heteroatoms. The molecule has 2 heterocycles. The van der Waals surface area contributed by atoms with Crippen LogP contribution in [0.3, 0.4) is 0 Å². The molecule has 0 bridgehead atoms. The van der Waals surface area contributed by atoms with Crippen molar-refractivity contribution in [1.29, 1.82) is 0 Å². The van der Waals surface area contributed by atoms with E-state index in [0.717, 1.165) is 42.2 Å². The topological polar surface area (TPSA) is 75.4 Å². The SMILES string of the molecule is Cc1ccc(C(=O)Nc2ccc(N3CCC(C(N)=O)CC3)cc2)s1. The van der Waals surface area contributed by atoms with E-state index in [0.29, 0.717) is 4.88 Å². The number of aryl methyl sites for hydroxylation is 1. The van der Waals surface area contributed by atoms with Gasteiger partial charge in [-0.1, -0.05) is 0 Å². The van der Waals surface area contributed by atoms with Gasteiger partial charge in [0, 0.05) is 35.3 Å². The van der Waals surface area contributed by atoms with E-state index >= 15 is 0 Å². The summed E-state index contributed by atoms with van der Waals surface area (Å²) in [6.07, 6.45) is 1.59. The lowest BCUT2D eigenvalue weighted by Crippen LogP contribution is -2.38. The Kier molecular flexibility index (Phi) is 4.85. The van der Waals surface area contributed by atoms with Crippen LogP contribution < -0.4 is 16.0 Å². The van der Waals surface area contributed by atoms with Crippen LogP contribution in [0, 0.1) is 12.8 Å². The van der Waals surface area contributed by atoms with Crippen LogP contribution in [0.2, 0.25) is 0 Å². The highest BCUT2D eigenvalue weighted by Crippen LogP contribution is 2.25. The van der Waals surface area contributed by atoms with Gasteiger partial charge in [0.05, 0.1) is 4.88 Å². The van der Waals surface area contributed by atoms with E-state index in [1.54, 1.807) is 0 Å². The Bertz CT molecular complexity index is 731. The van der Waals surface area contributed by atoms with Crippen LogP contribution >= 0.6 is 11.3 Å². The second kappa shape index (κ2) is 7.05. The van der Waals surface area contributed by atoms with Gasteiger partial charge in [0.15, 0.2) is 0 Å². The minimum Gasteiger partial charge on any atom is -0.371 e. The molecule has 1 aromatic heterocycles. The Hall–Kier alpha value is -2.34. The molecule has 1 aromatic carbocycles. The third-order valence-corrected chi connectivity index (χ3v) is 5.35. The molecule has 0 atom stereocenters. The van der Waals surface area contributed by atoms with E-state index in [4.69, 9.17) is 5.73 Å². The first-order valence-electron chi connectivity index (χ1n) is 8.05. The number of hydrogen-bond acceptors (Lipinski definition) is 4. The Morgan fingerprint density at radius 3 is 2.33 bits per heavy atom. The number of benzene rings is 1. The lowest BCUT2D eigenvalue weighted by atomic mass is 9.96. The molecule has 5 nitrogen and oxygen atoms in total. The van der Waals surface area contributed by atoms with Crippen molar-refractivity contribution in [2.45, 2.75) is 19.8 Å². The molecule has 1 aliphatic rings. The summed E-state index contributed by atoms with van der Waals surface area (Å²) in [5.74, 6) is -0.284. The zero-order chi connectivity index (χ0) is 17.1. The van der Waals surface area contributed by atoms with Crippen molar-refractivity contribution in [3.8, 4) is 0 Å². The first kappa shape index (κ1) is 16.5. The minimum atomic E-state index is -0.198. The fourth-order valence-electron chi connectivity index (χ4n) is 2.93. The predicted octanol–water partition coefficient (Wildman–Crippen LogP) is 3.01. The fourth-order valence-corrected chi connectivity index (χ4v) is 3.69. The summed E-state index contributed by atoms with van der Waals surface area (Å²) in [5.41, 5.74) is 7.25. The van der Waals surface area contributed by atoms with Crippen LogP contribution in [0.1, 0.15) is 27.4 Å². The summed E-state index contributed by atoms with van der Waals surface area (Å²) in [6.45, 7) is 3.64. The van der Waals surface area contributed by atoms with Crippen molar-refractivity contribution in [2.24, 2.45) is 11.7 Å². The summed E-state index contributed by atoms with van der Waals surface area (Å²) in [7, 11) is 0. The summed E-state index contributed by atoms with van der Waals surface area (Å²) in [4.78, 5) is 27.5. The molecule has 2 amide bonds. The second-order valence-corrected chi connectivity index (χ2v) is 7.36. The lowest BCUT2D eigenvalue weighted by molar-refractivity contribution is -0.122. The highest BCUT2D eigenvalue weighted by Gasteiger charge is 2.23. The molecule has 3 N–H and O–H groups in total. The van der Waals surface area contributed by atoms with Crippen LogP contribution in [0.25, 0.3) is 0 Å². The fraction of sp³-hybridized carbons (Fsp3) is 0.333. The Morgan fingerprint density at radius 1 is 1.12 bits per heavy atom. The Labute approximate surface area is 145 Å². The molecule has 24 heavy (non-hydrogen) atoms. The standard InChI is InChI=1S/C18H21N3O2S/c1-12-2-7-16(24-12)18(23)20-14-3-5-15(6-4-14)21-10-8-13(9-11-21)17(19)22/h2-7,13H,8-11H2,1H3,(H2,19,22)(H,20,23). The number of nitrogens with two attached hydrogens (primary N) is 1. The van der Waals surface area contributed by atoms with E-state index in [9.17, 15) is 9.59 Å². The van der Waals surface area contributed by atoms with Crippen molar-refractivity contribution in [3.63, 3.8) is 0 Å². The van der Waals surface area contributed by atoms with Crippen molar-refractivity contribution >= 4 is 34.5 Å². The zero-order valence-electron chi connectivity index (χ0n) is 13.6. The van der Waals surface area contributed by atoms with E-state index in [-0.39, 0.29) is 17.7 Å². The predicted molar refractivity (Wildman–Crippen MR) is 97.6 cm³/mol. The minimum absolute atomic E-state index is 0.00550. The van der Waals surface area contributed by atoms with Gasteiger partial charge in [-0.25, -0.2) is 0 Å². The maximum atomic E-state index is 12.2. The molecule has 1 aliphatic heterocycles. The van der Waals surface area contributed by atoms with Crippen molar-refractivity contribution in [3.05, 3.63) is 46.2 Å². The maximum Gasteiger partial charge on any atom is 0.265 e. The maximum absolute atomic E-state index is 12.2. The largest absolute Gasteiger partial charge is 0.371 e. The van der Waals surface area contributed by atoms with E-state index in [1.165, 1.54) is 11.3 Å². The monoisotopic (exact) mass is 343 g/mol. The molecule has 0 unspecified atom stereocenters. The number of nitrogens with one attached hydrogen (secondary N) is 1. The van der Waals surface area contributed by atoms with E-state index in [2.05, 4.69) is 10.2 Å². The number of nitrogens with zero attached hydrogens (tertiary/aromatic N) is 1. The van der Waals surface area contributed by atoms with Gasteiger partial charge in [0.25, 0.3) is 5.91 Å². The van der Waals surface area contributed by atoms with E-state index < -0.39 is 0 Å². The molecule has 0 saturated carbocycles. The van der Waals surface area contributed by atoms with Gasteiger partial charge in [-0.15, -0.1) is 11.3 Å². The van der Waals surface area contributed by atoms with Crippen LogP contribution in [0.5, 0.6) is 0 Å². The van der Waals surface area contributed by atoms with Crippen molar-refractivity contribution in [2.75, 3.05) is 23.3 Å². The highest BCUT2D eigenvalue weighted by atomic mass is 32.1. The zero-order valence-corrected chi connectivity index (χ0v) is 14.4. The van der Waals surface area contributed by atoms with Gasteiger partial charge in [-0.3, -0.25) is 9.59 Å². The summed E-state index contributed by atoms with van der Waals surface area (Å²) < 4.78 is 0. The van der Waals surface area contributed by atoms with Crippen LogP contribution in [-0.4, -0.2) is 24.9 Å². The number of anilines is 2. The molecule has 1 fully saturated rings. The van der Waals surface area contributed by atoms with Crippen molar-refractivity contribution in [1.82, 2.24) is 0 Å². The molecule has 0 spiro atoms. The first-order valence-corrected chi connectivity index (χ1v) is 8.86. The van der Waals surface area contributed by atoms with Gasteiger partial charge in [-0.05, 0) is 56.2 Å². The number of piperidine rings is 1. The first-order chi connectivity index (χ1) is 11.5. The third kappa shape index (κ3) is 3.76. The van der Waals surface area contributed by atoms with Gasteiger partial charge in [0.1, 0.15) is 0 Å². The van der Waals surface area contributed by atoms with Gasteiger partial charge >= 0.3 is 0 Å². The second-order valence-electron chi connectivity index (χ2n) is 6.07. The number of rotatable bonds is 4. The quantitative estimate of drug-likeness (QED) is 0.896. The molecule has 0 aliphatic carbocycles. The van der Waals surface area contributed by atoms with Crippen LogP contribution in [0.15, 0.2) is 36.4 Å². The van der Waals surface area contributed by atoms with Crippen LogP contribution in [-0.2, 0) is 4.79 Å². The number of primary amides is 1. The number of carbonyl (C=O) groups excluding carboxylic acids is 2. The lowest BCUT2D eigenvalue weighted by Gasteiger charge is -2.32. The summed E-state index contributed by atoms with van der Waals surface area (Å²) >= 11 is 1.49. The number of amides is 2. The highest BCUT2D eigenvalue weighted by molar-refractivity contribution is 7.14. The number of carbonyl (C=O) groups is 2. The molecule has 1 saturated heterocycles. The number of hydrogen-bond donors (Lipinski definition) is 2. The van der Waals surface area contributed by atoms with Gasteiger partial charge in [-0.2, -0.15) is 0 Å². The van der Waals surface area contributed by atoms with Gasteiger partial charge in [0.2, 0.25) is 5.91 Å².